The summed E-state index contributed by atoms with van der Waals surface area (Å²) in [5.74, 6) is -0.222. The number of nitrogens with zero attached hydrogens (tertiary/aromatic N) is 1. The van der Waals surface area contributed by atoms with Crippen molar-refractivity contribution in [3.8, 4) is 0 Å². The molecule has 0 saturated carbocycles. The van der Waals surface area contributed by atoms with E-state index in [2.05, 4.69) is 24.5 Å². The van der Waals surface area contributed by atoms with E-state index in [0.717, 1.165) is 0 Å². The summed E-state index contributed by atoms with van der Waals surface area (Å²) in [5.41, 5.74) is 0. The summed E-state index contributed by atoms with van der Waals surface area (Å²) in [7, 11) is 1.40. The monoisotopic (exact) mass is 210 g/mol. The van der Waals surface area contributed by atoms with E-state index in [4.69, 9.17) is 0 Å². The average Bonchev–Trinajstić information content (AvgIpc) is 2.18. The molecule has 0 aromatic carbocycles. The maximum atomic E-state index is 11.3. The van der Waals surface area contributed by atoms with Crippen molar-refractivity contribution in [2.45, 2.75) is 0 Å². The van der Waals surface area contributed by atoms with E-state index in [1.165, 1.54) is 7.11 Å². The van der Waals surface area contributed by atoms with Gasteiger partial charge >= 0.3 is 5.97 Å². The normalized spacial score (nSPS) is 10.5. The highest BCUT2D eigenvalue weighted by Gasteiger charge is 2.27. The zero-order chi connectivity index (χ0) is 11.7. The molecule has 0 amide bonds. The van der Waals surface area contributed by atoms with E-state index >= 15 is 0 Å². The Hall–Kier alpha value is -1.35. The van der Waals surface area contributed by atoms with Crippen molar-refractivity contribution >= 4 is 5.97 Å². The van der Waals surface area contributed by atoms with Crippen LogP contribution in [0.3, 0.4) is 0 Å². The lowest BCUT2D eigenvalue weighted by Gasteiger charge is -2.34. The second kappa shape index (κ2) is 7.01. The van der Waals surface area contributed by atoms with Gasteiger partial charge in [-0.25, -0.2) is 4.79 Å². The lowest BCUT2D eigenvalue weighted by molar-refractivity contribution is -0.904. The van der Waals surface area contributed by atoms with Gasteiger partial charge in [-0.15, -0.1) is 0 Å². The van der Waals surface area contributed by atoms with E-state index in [1.807, 2.05) is 0 Å². The van der Waals surface area contributed by atoms with Crippen LogP contribution in [0.5, 0.6) is 0 Å². The molecule has 0 N–H and O–H groups in total. The molecule has 15 heavy (non-hydrogen) atoms. The fourth-order valence-electron chi connectivity index (χ4n) is 1.58. The van der Waals surface area contributed by atoms with E-state index in [-0.39, 0.29) is 5.97 Å². The molecule has 3 nitrogen and oxygen atoms in total. The molecule has 0 rings (SSSR count). The van der Waals surface area contributed by atoms with Gasteiger partial charge in [-0.05, 0) is 18.2 Å². The summed E-state index contributed by atoms with van der Waals surface area (Å²) >= 11 is 0. The molecule has 0 unspecified atom stereocenters. The van der Waals surface area contributed by atoms with Crippen LogP contribution in [0.1, 0.15) is 0 Å². The Kier molecular flexibility index (Phi) is 6.38. The van der Waals surface area contributed by atoms with Gasteiger partial charge < -0.3 is 9.22 Å². The van der Waals surface area contributed by atoms with E-state index in [9.17, 15) is 4.79 Å². The summed E-state index contributed by atoms with van der Waals surface area (Å²) in [6.45, 7) is 13.5. The first-order chi connectivity index (χ1) is 7.14. The number of methoxy groups -OCH3 is 1. The van der Waals surface area contributed by atoms with Gasteiger partial charge in [0.2, 0.25) is 0 Å². The van der Waals surface area contributed by atoms with Crippen LogP contribution in [-0.2, 0) is 9.53 Å². The summed E-state index contributed by atoms with van der Waals surface area (Å²) in [4.78, 5) is 11.3. The first-order valence-corrected chi connectivity index (χ1v) is 4.88. The third-order valence-electron chi connectivity index (χ3n) is 2.24. The number of hydrogen-bond donors (Lipinski definition) is 0. The fourth-order valence-corrected chi connectivity index (χ4v) is 1.58. The zero-order valence-electron chi connectivity index (χ0n) is 9.45. The predicted molar refractivity (Wildman–Crippen MR) is 62.3 cm³/mol. The average molecular weight is 210 g/mol. The van der Waals surface area contributed by atoms with Crippen molar-refractivity contribution in [1.82, 2.24) is 0 Å². The highest BCUT2D eigenvalue weighted by Crippen LogP contribution is 2.08. The molecule has 0 atom stereocenters. The first kappa shape index (κ1) is 13.7. The zero-order valence-corrected chi connectivity index (χ0v) is 9.45. The number of carbonyl (C=O) groups is 1. The van der Waals surface area contributed by atoms with E-state index in [0.29, 0.717) is 30.7 Å². The fraction of sp³-hybridized carbons (Fsp3) is 0.417. The lowest BCUT2D eigenvalue weighted by Crippen LogP contribution is -2.51. The summed E-state index contributed by atoms with van der Waals surface area (Å²) in [6.07, 6.45) is 5.40. The predicted octanol–water partition coefficient (Wildman–Crippen LogP) is 1.53. The van der Waals surface area contributed by atoms with E-state index < -0.39 is 0 Å². The minimum absolute atomic E-state index is 0.222. The van der Waals surface area contributed by atoms with Crippen molar-refractivity contribution in [3.63, 3.8) is 0 Å². The van der Waals surface area contributed by atoms with Crippen molar-refractivity contribution in [2.75, 3.05) is 33.3 Å². The molecular weight excluding hydrogens is 190 g/mol. The molecular formula is C12H20NO2+. The Morgan fingerprint density at radius 3 is 1.80 bits per heavy atom. The highest BCUT2D eigenvalue weighted by atomic mass is 16.5. The minimum Gasteiger partial charge on any atom is -0.465 e. The molecule has 0 spiro atoms. The molecule has 0 radical (unpaired) electrons. The molecule has 0 aromatic rings. The van der Waals surface area contributed by atoms with Crippen molar-refractivity contribution < 1.29 is 14.0 Å². The SMILES string of the molecule is C=CC[N+](CC=C)(CC=C)CC(=O)OC. The number of rotatable bonds is 8. The molecule has 0 aliphatic carbocycles. The maximum Gasteiger partial charge on any atom is 0.361 e. The van der Waals surface area contributed by atoms with Crippen LogP contribution in [0, 0.1) is 0 Å². The molecule has 0 heterocycles. The molecule has 84 valence electrons. The van der Waals surface area contributed by atoms with Gasteiger partial charge in [-0.3, -0.25) is 0 Å². The van der Waals surface area contributed by atoms with Crippen LogP contribution in [0.2, 0.25) is 0 Å². The van der Waals surface area contributed by atoms with Crippen LogP contribution < -0.4 is 0 Å². The van der Waals surface area contributed by atoms with Gasteiger partial charge in [0.1, 0.15) is 0 Å². The Morgan fingerprint density at radius 2 is 1.53 bits per heavy atom. The van der Waals surface area contributed by atoms with Crippen molar-refractivity contribution in [2.24, 2.45) is 0 Å². The molecule has 0 aliphatic heterocycles. The number of carbonyl (C=O) groups excluding carboxylic acids is 1. The van der Waals surface area contributed by atoms with Crippen LogP contribution in [-0.4, -0.2) is 43.7 Å². The third kappa shape index (κ3) is 4.61. The second-order valence-electron chi connectivity index (χ2n) is 3.49. The number of esters is 1. The molecule has 0 aromatic heterocycles. The Labute approximate surface area is 91.9 Å². The molecule has 0 fully saturated rings. The largest absolute Gasteiger partial charge is 0.465 e. The van der Waals surface area contributed by atoms with Gasteiger partial charge in [-0.2, -0.15) is 0 Å². The van der Waals surface area contributed by atoms with Gasteiger partial charge in [0.15, 0.2) is 6.54 Å². The quantitative estimate of drug-likeness (QED) is 0.345. The second-order valence-corrected chi connectivity index (χ2v) is 3.49. The minimum atomic E-state index is -0.222. The summed E-state index contributed by atoms with van der Waals surface area (Å²) in [6, 6.07) is 0. The smallest absolute Gasteiger partial charge is 0.361 e. The molecule has 0 bridgehead atoms. The van der Waals surface area contributed by atoms with Gasteiger partial charge in [-0.1, -0.05) is 19.7 Å². The van der Waals surface area contributed by atoms with Crippen molar-refractivity contribution in [1.29, 1.82) is 0 Å². The first-order valence-electron chi connectivity index (χ1n) is 4.88. The Balaban J connectivity index is 4.73. The van der Waals surface area contributed by atoms with Gasteiger partial charge in [0.25, 0.3) is 0 Å². The van der Waals surface area contributed by atoms with Crippen LogP contribution in [0.15, 0.2) is 38.0 Å². The summed E-state index contributed by atoms with van der Waals surface area (Å²) < 4.78 is 5.23. The third-order valence-corrected chi connectivity index (χ3v) is 2.24. The number of ether oxygens (including phenoxy) is 1. The summed E-state index contributed by atoms with van der Waals surface area (Å²) in [5, 5.41) is 0. The highest BCUT2D eigenvalue weighted by molar-refractivity contribution is 5.70. The molecule has 0 saturated heterocycles. The number of quaternary nitrogens is 1. The maximum absolute atomic E-state index is 11.3. The lowest BCUT2D eigenvalue weighted by atomic mass is 10.3. The van der Waals surface area contributed by atoms with Gasteiger partial charge in [0.05, 0.1) is 26.7 Å². The standard InChI is InChI=1S/C12H20NO2/c1-5-8-13(9-6-2,10-7-3)11-12(14)15-4/h5-7H,1-3,8-11H2,4H3/q+1. The number of hydrogen-bond acceptors (Lipinski definition) is 2. The van der Waals surface area contributed by atoms with Crippen LogP contribution >= 0.6 is 0 Å². The van der Waals surface area contributed by atoms with Crippen LogP contribution in [0.25, 0.3) is 0 Å². The van der Waals surface area contributed by atoms with Crippen molar-refractivity contribution in [3.05, 3.63) is 38.0 Å². The Morgan fingerprint density at radius 1 is 1.13 bits per heavy atom. The molecule has 0 aliphatic rings. The van der Waals surface area contributed by atoms with Crippen LogP contribution in [0.4, 0.5) is 0 Å². The molecule has 3 heteroatoms. The van der Waals surface area contributed by atoms with E-state index in [1.54, 1.807) is 18.2 Å². The Bertz CT molecular complexity index is 219. The topological polar surface area (TPSA) is 26.3 Å². The van der Waals surface area contributed by atoms with Gasteiger partial charge in [0, 0.05) is 0 Å².